The van der Waals surface area contributed by atoms with Gasteiger partial charge in [-0.25, -0.2) is 0 Å². The van der Waals surface area contributed by atoms with Gasteiger partial charge in [-0.05, 0) is 20.0 Å². The van der Waals surface area contributed by atoms with Crippen molar-refractivity contribution in [3.8, 4) is 0 Å². The highest BCUT2D eigenvalue weighted by Crippen LogP contribution is 2.16. The van der Waals surface area contributed by atoms with Crippen LogP contribution in [0.3, 0.4) is 0 Å². The lowest BCUT2D eigenvalue weighted by molar-refractivity contribution is -0.120. The van der Waals surface area contributed by atoms with Gasteiger partial charge in [-0.1, -0.05) is 26.7 Å². The fourth-order valence-electron chi connectivity index (χ4n) is 2.26. The van der Waals surface area contributed by atoms with Gasteiger partial charge in [-0.2, -0.15) is 0 Å². The molecule has 0 saturated heterocycles. The molecule has 0 spiro atoms. The third kappa shape index (κ3) is 8.18. The number of carbonyl (C=O) groups excluding carboxylic acids is 1. The predicted octanol–water partition coefficient (Wildman–Crippen LogP) is 0.705. The van der Waals surface area contributed by atoms with Gasteiger partial charge in [0.15, 0.2) is 0 Å². The number of hydrogen-bond donors (Lipinski definition) is 2. The zero-order valence-electron chi connectivity index (χ0n) is 13.2. The Morgan fingerprint density at radius 3 is 2.37 bits per heavy atom. The summed E-state index contributed by atoms with van der Waals surface area (Å²) in [5.74, 6) is 0.672. The number of likely N-dealkylation sites (N-methyl/N-ethyl adjacent to an activating group) is 1. The molecule has 0 saturated carbocycles. The lowest BCUT2D eigenvalue weighted by Gasteiger charge is -2.31. The van der Waals surface area contributed by atoms with Crippen LogP contribution in [0.4, 0.5) is 0 Å². The van der Waals surface area contributed by atoms with Crippen molar-refractivity contribution in [2.45, 2.75) is 32.7 Å². The molecule has 0 aliphatic carbocycles. The van der Waals surface area contributed by atoms with E-state index in [0.29, 0.717) is 38.2 Å². The summed E-state index contributed by atoms with van der Waals surface area (Å²) in [4.78, 5) is 13.9. The smallest absolute Gasteiger partial charge is 0.234 e. The van der Waals surface area contributed by atoms with E-state index in [2.05, 4.69) is 43.5 Å². The molecule has 0 bridgehead atoms. The number of rotatable bonds is 11. The van der Waals surface area contributed by atoms with Crippen molar-refractivity contribution in [1.29, 1.82) is 0 Å². The van der Waals surface area contributed by atoms with E-state index in [1.165, 1.54) is 0 Å². The Hall–Kier alpha value is -0.650. The van der Waals surface area contributed by atoms with Crippen LogP contribution in [0.15, 0.2) is 0 Å². The monoisotopic (exact) mass is 273 g/mol. The average molecular weight is 273 g/mol. The second-order valence-electron chi connectivity index (χ2n) is 5.08. The first kappa shape index (κ1) is 18.4. The Morgan fingerprint density at radius 1 is 1.26 bits per heavy atom. The Morgan fingerprint density at radius 2 is 1.89 bits per heavy atom. The van der Waals surface area contributed by atoms with Crippen molar-refractivity contribution < 1.29 is 9.53 Å². The quantitative estimate of drug-likeness (QED) is 0.544. The molecule has 0 fully saturated rings. The maximum absolute atomic E-state index is 11.7. The summed E-state index contributed by atoms with van der Waals surface area (Å²) in [6, 6.07) is 0.401. The Balaban J connectivity index is 4.00. The molecule has 5 heteroatoms. The van der Waals surface area contributed by atoms with Gasteiger partial charge in [0, 0.05) is 26.2 Å². The molecule has 1 atom stereocenters. The first-order valence-corrected chi connectivity index (χ1v) is 7.19. The normalized spacial score (nSPS) is 13.0. The number of methoxy groups -OCH3 is 1. The van der Waals surface area contributed by atoms with Crippen molar-refractivity contribution in [3.05, 3.63) is 0 Å². The highest BCUT2D eigenvalue weighted by molar-refractivity contribution is 5.77. The fraction of sp³-hybridized carbons (Fsp3) is 0.929. The van der Waals surface area contributed by atoms with Gasteiger partial charge in [0.1, 0.15) is 0 Å². The molecule has 0 heterocycles. The third-order valence-electron chi connectivity index (χ3n) is 3.53. The van der Waals surface area contributed by atoms with E-state index in [-0.39, 0.29) is 5.91 Å². The van der Waals surface area contributed by atoms with Crippen molar-refractivity contribution in [2.75, 3.05) is 47.4 Å². The minimum atomic E-state index is 0.0499. The van der Waals surface area contributed by atoms with Crippen LogP contribution in [0.2, 0.25) is 0 Å². The second-order valence-corrected chi connectivity index (χ2v) is 5.08. The maximum atomic E-state index is 11.7. The van der Waals surface area contributed by atoms with Crippen molar-refractivity contribution in [2.24, 2.45) is 5.92 Å². The van der Waals surface area contributed by atoms with Crippen molar-refractivity contribution >= 4 is 5.91 Å². The second kappa shape index (κ2) is 11.2. The minimum Gasteiger partial charge on any atom is -0.383 e. The molecule has 0 aromatic carbocycles. The van der Waals surface area contributed by atoms with Crippen LogP contribution in [0.25, 0.3) is 0 Å². The zero-order chi connectivity index (χ0) is 14.7. The largest absolute Gasteiger partial charge is 0.383 e. The van der Waals surface area contributed by atoms with Crippen LogP contribution in [-0.4, -0.2) is 64.3 Å². The molecular formula is C14H31N3O2. The van der Waals surface area contributed by atoms with Crippen LogP contribution in [0.1, 0.15) is 26.7 Å². The number of amides is 1. The molecule has 0 radical (unpaired) electrons. The first-order valence-electron chi connectivity index (χ1n) is 7.19. The van der Waals surface area contributed by atoms with Crippen LogP contribution < -0.4 is 10.6 Å². The van der Waals surface area contributed by atoms with Gasteiger partial charge in [0.05, 0.1) is 13.2 Å². The van der Waals surface area contributed by atoms with E-state index >= 15 is 0 Å². The summed E-state index contributed by atoms with van der Waals surface area (Å²) in [6.07, 6.45) is 2.28. The van der Waals surface area contributed by atoms with Crippen LogP contribution in [0, 0.1) is 5.92 Å². The number of ether oxygens (including phenoxy) is 1. The van der Waals surface area contributed by atoms with Gasteiger partial charge in [-0.3, -0.25) is 4.79 Å². The molecular weight excluding hydrogens is 242 g/mol. The highest BCUT2D eigenvalue weighted by Gasteiger charge is 2.20. The summed E-state index contributed by atoms with van der Waals surface area (Å²) < 4.78 is 4.91. The van der Waals surface area contributed by atoms with Gasteiger partial charge >= 0.3 is 0 Å². The molecule has 0 aliphatic rings. The number of hydrogen-bond acceptors (Lipinski definition) is 4. The predicted molar refractivity (Wildman–Crippen MR) is 79.3 cm³/mol. The molecule has 0 rings (SSSR count). The molecule has 1 unspecified atom stereocenters. The van der Waals surface area contributed by atoms with E-state index in [1.807, 2.05) is 0 Å². The molecule has 0 aromatic heterocycles. The van der Waals surface area contributed by atoms with E-state index in [4.69, 9.17) is 4.74 Å². The van der Waals surface area contributed by atoms with Crippen LogP contribution >= 0.6 is 0 Å². The van der Waals surface area contributed by atoms with E-state index in [9.17, 15) is 4.79 Å². The van der Waals surface area contributed by atoms with Crippen molar-refractivity contribution in [1.82, 2.24) is 15.5 Å². The lowest BCUT2D eigenvalue weighted by Crippen LogP contribution is -2.46. The van der Waals surface area contributed by atoms with Gasteiger partial charge < -0.3 is 20.3 Å². The SMILES string of the molecule is CCC(CC)C(CNC(=O)CNCCOC)N(C)C. The minimum absolute atomic E-state index is 0.0499. The maximum Gasteiger partial charge on any atom is 0.234 e. The van der Waals surface area contributed by atoms with Crippen LogP contribution in [-0.2, 0) is 9.53 Å². The molecule has 0 aromatic rings. The van der Waals surface area contributed by atoms with E-state index in [0.717, 1.165) is 12.8 Å². The Bertz CT molecular complexity index is 231. The topological polar surface area (TPSA) is 53.6 Å². The fourth-order valence-corrected chi connectivity index (χ4v) is 2.26. The van der Waals surface area contributed by atoms with Gasteiger partial charge in [0.2, 0.25) is 5.91 Å². The first-order chi connectivity index (χ1) is 9.06. The van der Waals surface area contributed by atoms with Crippen molar-refractivity contribution in [3.63, 3.8) is 0 Å². The lowest BCUT2D eigenvalue weighted by atomic mass is 9.93. The number of nitrogens with zero attached hydrogens (tertiary/aromatic N) is 1. The molecule has 5 nitrogen and oxygen atoms in total. The molecule has 19 heavy (non-hydrogen) atoms. The van der Waals surface area contributed by atoms with Gasteiger partial charge in [0.25, 0.3) is 0 Å². The highest BCUT2D eigenvalue weighted by atomic mass is 16.5. The summed E-state index contributed by atoms with van der Waals surface area (Å²) in [5, 5.41) is 6.05. The Labute approximate surface area is 118 Å². The summed E-state index contributed by atoms with van der Waals surface area (Å²) in [6.45, 7) is 6.81. The number of nitrogens with one attached hydrogen (secondary N) is 2. The van der Waals surface area contributed by atoms with E-state index in [1.54, 1.807) is 7.11 Å². The van der Waals surface area contributed by atoms with E-state index < -0.39 is 0 Å². The molecule has 114 valence electrons. The number of carbonyl (C=O) groups is 1. The summed E-state index contributed by atoms with van der Waals surface area (Å²) in [5.41, 5.74) is 0. The standard InChI is InChI=1S/C14H31N3O2/c1-6-12(7-2)13(17(3)4)10-16-14(18)11-15-8-9-19-5/h12-13,15H,6-11H2,1-5H3,(H,16,18). The van der Waals surface area contributed by atoms with Crippen LogP contribution in [0.5, 0.6) is 0 Å². The third-order valence-corrected chi connectivity index (χ3v) is 3.53. The zero-order valence-corrected chi connectivity index (χ0v) is 13.2. The summed E-state index contributed by atoms with van der Waals surface area (Å²) >= 11 is 0. The molecule has 1 amide bonds. The summed E-state index contributed by atoms with van der Waals surface area (Å²) in [7, 11) is 5.80. The molecule has 0 aliphatic heterocycles. The van der Waals surface area contributed by atoms with Gasteiger partial charge in [-0.15, -0.1) is 0 Å². The molecule has 2 N–H and O–H groups in total. The average Bonchev–Trinajstić information content (AvgIpc) is 2.39. The Kier molecular flexibility index (Phi) is 10.8.